The number of hydrogen-bond donors (Lipinski definition) is 3. The standard InChI is InChI=1S/C16H22N2O3/c1-10-11(2)18-15-5-4-12(8-14(10)15)16(20)17-7-6-13(19)9-21-3/h4-5,8,13,18-19H,6-7,9H2,1-3H3,(H,17,20). The quantitative estimate of drug-likeness (QED) is 0.761. The third-order valence-electron chi connectivity index (χ3n) is 3.69. The molecule has 5 heteroatoms. The van der Waals surface area contributed by atoms with Gasteiger partial charge in [-0.15, -0.1) is 0 Å². The largest absolute Gasteiger partial charge is 0.391 e. The number of aliphatic hydroxyl groups excluding tert-OH is 1. The molecule has 1 aromatic heterocycles. The minimum atomic E-state index is -0.549. The molecular formula is C16H22N2O3. The van der Waals surface area contributed by atoms with E-state index in [0.29, 0.717) is 18.5 Å². The third kappa shape index (κ3) is 3.62. The number of hydrogen-bond acceptors (Lipinski definition) is 3. The van der Waals surface area contributed by atoms with Gasteiger partial charge >= 0.3 is 0 Å². The second-order valence-electron chi connectivity index (χ2n) is 5.29. The molecule has 0 aliphatic rings. The summed E-state index contributed by atoms with van der Waals surface area (Å²) in [4.78, 5) is 15.4. The number of ether oxygens (including phenoxy) is 1. The highest BCUT2D eigenvalue weighted by molar-refractivity contribution is 5.99. The van der Waals surface area contributed by atoms with Crippen molar-refractivity contribution in [2.24, 2.45) is 0 Å². The van der Waals surface area contributed by atoms with Crippen LogP contribution in [0.3, 0.4) is 0 Å². The van der Waals surface area contributed by atoms with Crippen LogP contribution in [0.1, 0.15) is 28.0 Å². The summed E-state index contributed by atoms with van der Waals surface area (Å²) in [5.74, 6) is -0.125. The number of carbonyl (C=O) groups is 1. The highest BCUT2D eigenvalue weighted by atomic mass is 16.5. The molecule has 2 rings (SSSR count). The Kier molecular flexibility index (Phi) is 4.98. The number of amides is 1. The number of aliphatic hydroxyl groups is 1. The van der Waals surface area contributed by atoms with E-state index in [1.54, 1.807) is 6.07 Å². The molecule has 0 spiro atoms. The lowest BCUT2D eigenvalue weighted by Crippen LogP contribution is -2.28. The van der Waals surface area contributed by atoms with Crippen LogP contribution < -0.4 is 5.32 Å². The van der Waals surface area contributed by atoms with Crippen LogP contribution in [-0.4, -0.2) is 42.4 Å². The minimum Gasteiger partial charge on any atom is -0.391 e. The van der Waals surface area contributed by atoms with E-state index in [1.807, 2.05) is 26.0 Å². The molecule has 0 bridgehead atoms. The van der Waals surface area contributed by atoms with Crippen LogP contribution in [0.15, 0.2) is 18.2 Å². The van der Waals surface area contributed by atoms with Gasteiger partial charge in [0.15, 0.2) is 0 Å². The van der Waals surface area contributed by atoms with Gasteiger partial charge in [-0.3, -0.25) is 4.79 Å². The first-order chi connectivity index (χ1) is 10.0. The van der Waals surface area contributed by atoms with E-state index in [1.165, 1.54) is 7.11 Å². The molecule has 3 N–H and O–H groups in total. The zero-order chi connectivity index (χ0) is 15.4. The Labute approximate surface area is 124 Å². The average molecular weight is 290 g/mol. The summed E-state index contributed by atoms with van der Waals surface area (Å²) >= 11 is 0. The first-order valence-electron chi connectivity index (χ1n) is 7.07. The summed E-state index contributed by atoms with van der Waals surface area (Å²) < 4.78 is 4.84. The Morgan fingerprint density at radius 2 is 2.19 bits per heavy atom. The number of carbonyl (C=O) groups excluding carboxylic acids is 1. The minimum absolute atomic E-state index is 0.125. The second-order valence-corrected chi connectivity index (χ2v) is 5.29. The molecule has 1 heterocycles. The number of aryl methyl sites for hydroxylation is 2. The maximum absolute atomic E-state index is 12.1. The fraction of sp³-hybridized carbons (Fsp3) is 0.438. The smallest absolute Gasteiger partial charge is 0.251 e. The number of fused-ring (bicyclic) bond motifs is 1. The van der Waals surface area contributed by atoms with Crippen molar-refractivity contribution in [2.75, 3.05) is 20.3 Å². The number of aromatic nitrogens is 1. The molecule has 0 radical (unpaired) electrons. The number of methoxy groups -OCH3 is 1. The van der Waals surface area contributed by atoms with Gasteiger partial charge in [0, 0.05) is 35.8 Å². The maximum atomic E-state index is 12.1. The Bertz CT molecular complexity index is 634. The van der Waals surface area contributed by atoms with Gasteiger partial charge in [-0.2, -0.15) is 0 Å². The first-order valence-corrected chi connectivity index (χ1v) is 7.07. The summed E-state index contributed by atoms with van der Waals surface area (Å²) in [6.45, 7) is 4.76. The first kappa shape index (κ1) is 15.5. The number of rotatable bonds is 6. The van der Waals surface area contributed by atoms with Gasteiger partial charge in [-0.1, -0.05) is 0 Å². The lowest BCUT2D eigenvalue weighted by atomic mass is 10.1. The van der Waals surface area contributed by atoms with Gasteiger partial charge in [0.2, 0.25) is 0 Å². The fourth-order valence-electron chi connectivity index (χ4n) is 2.33. The topological polar surface area (TPSA) is 74.3 Å². The van der Waals surface area contributed by atoms with Gasteiger partial charge < -0.3 is 20.1 Å². The van der Waals surface area contributed by atoms with Crippen molar-refractivity contribution in [3.8, 4) is 0 Å². The van der Waals surface area contributed by atoms with Crippen LogP contribution >= 0.6 is 0 Å². The zero-order valence-electron chi connectivity index (χ0n) is 12.7. The average Bonchev–Trinajstić information content (AvgIpc) is 2.74. The number of aromatic amines is 1. The summed E-state index contributed by atoms with van der Waals surface area (Å²) in [6, 6.07) is 5.62. The lowest BCUT2D eigenvalue weighted by molar-refractivity contribution is 0.0587. The fourth-order valence-corrected chi connectivity index (χ4v) is 2.33. The van der Waals surface area contributed by atoms with Crippen LogP contribution in [0.4, 0.5) is 0 Å². The number of nitrogens with one attached hydrogen (secondary N) is 2. The monoisotopic (exact) mass is 290 g/mol. The summed E-state index contributed by atoms with van der Waals surface area (Å²) in [7, 11) is 1.54. The van der Waals surface area contributed by atoms with Gasteiger partial charge in [0.25, 0.3) is 5.91 Å². The van der Waals surface area contributed by atoms with E-state index >= 15 is 0 Å². The van der Waals surface area contributed by atoms with Crippen LogP contribution in [0.25, 0.3) is 10.9 Å². The molecular weight excluding hydrogens is 268 g/mol. The van der Waals surface area contributed by atoms with Crippen LogP contribution in [0.5, 0.6) is 0 Å². The van der Waals surface area contributed by atoms with E-state index in [9.17, 15) is 9.90 Å². The van der Waals surface area contributed by atoms with Crippen molar-refractivity contribution in [1.29, 1.82) is 0 Å². The van der Waals surface area contributed by atoms with Gasteiger partial charge in [0.05, 0.1) is 12.7 Å². The van der Waals surface area contributed by atoms with Crippen molar-refractivity contribution in [3.63, 3.8) is 0 Å². The molecule has 0 aliphatic carbocycles. The van der Waals surface area contributed by atoms with Crippen molar-refractivity contribution in [3.05, 3.63) is 35.0 Å². The van der Waals surface area contributed by atoms with E-state index < -0.39 is 6.10 Å². The molecule has 21 heavy (non-hydrogen) atoms. The zero-order valence-corrected chi connectivity index (χ0v) is 12.7. The van der Waals surface area contributed by atoms with E-state index in [-0.39, 0.29) is 12.5 Å². The van der Waals surface area contributed by atoms with Gasteiger partial charge in [0.1, 0.15) is 0 Å². The van der Waals surface area contributed by atoms with E-state index in [2.05, 4.69) is 10.3 Å². The second kappa shape index (κ2) is 6.74. The van der Waals surface area contributed by atoms with Crippen LogP contribution in [0.2, 0.25) is 0 Å². The van der Waals surface area contributed by atoms with Crippen LogP contribution in [-0.2, 0) is 4.74 Å². The predicted octanol–water partition coefficient (Wildman–Crippen LogP) is 1.91. The van der Waals surface area contributed by atoms with E-state index in [4.69, 9.17) is 4.74 Å². The van der Waals surface area contributed by atoms with Crippen LogP contribution in [0, 0.1) is 13.8 Å². The molecule has 2 aromatic rings. The molecule has 0 aliphatic heterocycles. The Hall–Kier alpha value is -1.85. The van der Waals surface area contributed by atoms with E-state index in [0.717, 1.165) is 22.2 Å². The molecule has 0 saturated heterocycles. The molecule has 5 nitrogen and oxygen atoms in total. The number of H-pyrrole nitrogens is 1. The lowest BCUT2D eigenvalue weighted by Gasteiger charge is -2.10. The Balaban J connectivity index is 2.01. The van der Waals surface area contributed by atoms with Gasteiger partial charge in [-0.05, 0) is 44.0 Å². The van der Waals surface area contributed by atoms with Crippen molar-refractivity contribution in [1.82, 2.24) is 10.3 Å². The van der Waals surface area contributed by atoms with Gasteiger partial charge in [-0.25, -0.2) is 0 Å². The van der Waals surface area contributed by atoms with Crippen molar-refractivity contribution >= 4 is 16.8 Å². The molecule has 114 valence electrons. The predicted molar refractivity (Wildman–Crippen MR) is 82.6 cm³/mol. The maximum Gasteiger partial charge on any atom is 0.251 e. The van der Waals surface area contributed by atoms with Crippen molar-refractivity contribution < 1.29 is 14.6 Å². The Morgan fingerprint density at radius 3 is 2.90 bits per heavy atom. The molecule has 1 amide bonds. The molecule has 0 saturated carbocycles. The highest BCUT2D eigenvalue weighted by Crippen LogP contribution is 2.22. The molecule has 0 fully saturated rings. The number of benzene rings is 1. The summed E-state index contributed by atoms with van der Waals surface area (Å²) in [6.07, 6.45) is -0.0724. The molecule has 1 atom stereocenters. The molecule has 1 unspecified atom stereocenters. The summed E-state index contributed by atoms with van der Waals surface area (Å²) in [5.41, 5.74) is 3.95. The third-order valence-corrected chi connectivity index (χ3v) is 3.69. The van der Waals surface area contributed by atoms with Crippen molar-refractivity contribution in [2.45, 2.75) is 26.4 Å². The Morgan fingerprint density at radius 1 is 1.43 bits per heavy atom. The normalized spacial score (nSPS) is 12.6. The highest BCUT2D eigenvalue weighted by Gasteiger charge is 2.10. The SMILES string of the molecule is COCC(O)CCNC(=O)c1ccc2[nH]c(C)c(C)c2c1. The molecule has 1 aromatic carbocycles. The summed E-state index contributed by atoms with van der Waals surface area (Å²) in [5, 5.41) is 13.4.